The van der Waals surface area contributed by atoms with Crippen LogP contribution in [0, 0.1) is 0 Å². The zero-order chi connectivity index (χ0) is 10.6. The van der Waals surface area contributed by atoms with Crippen molar-refractivity contribution in [2.75, 3.05) is 5.75 Å². The van der Waals surface area contributed by atoms with Gasteiger partial charge in [-0.05, 0) is 0 Å². The van der Waals surface area contributed by atoms with E-state index in [0.717, 1.165) is 0 Å². The third-order valence-electron chi connectivity index (χ3n) is 1.21. The van der Waals surface area contributed by atoms with E-state index in [-0.39, 0.29) is 12.2 Å². The number of thiazole rings is 1. The molecule has 1 heterocycles. The van der Waals surface area contributed by atoms with Crippen molar-refractivity contribution in [2.24, 2.45) is 0 Å². The van der Waals surface area contributed by atoms with Gasteiger partial charge in [0.05, 0.1) is 6.20 Å². The third kappa shape index (κ3) is 3.89. The summed E-state index contributed by atoms with van der Waals surface area (Å²) >= 11 is 8.03. The van der Waals surface area contributed by atoms with Gasteiger partial charge in [0.2, 0.25) is 0 Å². The van der Waals surface area contributed by atoms with Crippen LogP contribution in [0.25, 0.3) is 0 Å². The van der Waals surface area contributed by atoms with Crippen LogP contribution in [0.4, 0.5) is 13.2 Å². The van der Waals surface area contributed by atoms with E-state index in [1.165, 1.54) is 29.3 Å². The Balaban J connectivity index is 2.32. The lowest BCUT2D eigenvalue weighted by Gasteiger charge is -1.94. The molecule has 1 aromatic heterocycles. The van der Waals surface area contributed by atoms with Crippen LogP contribution in [0.3, 0.4) is 0 Å². The quantitative estimate of drug-likeness (QED) is 0.746. The number of halogens is 4. The van der Waals surface area contributed by atoms with Crippen LogP contribution in [-0.2, 0) is 0 Å². The molecule has 0 saturated heterocycles. The number of rotatable bonds is 4. The Hall–Kier alpha value is -0.200. The summed E-state index contributed by atoms with van der Waals surface area (Å²) in [6, 6.07) is 0. The minimum atomic E-state index is -2.25. The van der Waals surface area contributed by atoms with Gasteiger partial charge in [0.25, 0.3) is 0 Å². The van der Waals surface area contributed by atoms with Gasteiger partial charge >= 0.3 is 6.08 Å². The summed E-state index contributed by atoms with van der Waals surface area (Å²) in [6.45, 7) is 0. The maximum Gasteiger partial charge on any atom is 0.301 e. The molecule has 14 heavy (non-hydrogen) atoms. The van der Waals surface area contributed by atoms with Crippen molar-refractivity contribution in [1.29, 1.82) is 0 Å². The predicted octanol–water partition coefficient (Wildman–Crippen LogP) is 4.36. The van der Waals surface area contributed by atoms with E-state index in [0.29, 0.717) is 8.68 Å². The molecule has 0 N–H and O–H groups in total. The first-order chi connectivity index (χ1) is 6.59. The fourth-order valence-electron chi connectivity index (χ4n) is 0.629. The maximum atomic E-state index is 12.3. The first-order valence-corrected chi connectivity index (χ1v) is 5.71. The molecular weight excluding hydrogens is 255 g/mol. The maximum absolute atomic E-state index is 12.3. The van der Waals surface area contributed by atoms with E-state index >= 15 is 0 Å². The number of allylic oxidation sites excluding steroid dienone is 1. The van der Waals surface area contributed by atoms with Crippen molar-refractivity contribution in [3.63, 3.8) is 0 Å². The molecule has 0 amide bonds. The first-order valence-electron chi connectivity index (χ1n) is 3.53. The van der Waals surface area contributed by atoms with E-state index in [1.807, 2.05) is 0 Å². The zero-order valence-electron chi connectivity index (χ0n) is 6.77. The molecule has 0 atom stereocenters. The van der Waals surface area contributed by atoms with Crippen molar-refractivity contribution < 1.29 is 13.2 Å². The normalized spacial score (nSPS) is 10.3. The second kappa shape index (κ2) is 5.63. The Morgan fingerprint density at radius 3 is 2.71 bits per heavy atom. The SMILES string of the molecule is FC(F)=C(F)CCSc1ncc(Cl)s1. The van der Waals surface area contributed by atoms with E-state index < -0.39 is 11.9 Å². The van der Waals surface area contributed by atoms with Gasteiger partial charge < -0.3 is 0 Å². The second-order valence-corrected chi connectivity index (χ2v) is 5.20. The highest BCUT2D eigenvalue weighted by Crippen LogP contribution is 2.28. The Kier molecular flexibility index (Phi) is 4.77. The molecule has 0 spiro atoms. The summed E-state index contributed by atoms with van der Waals surface area (Å²) in [6.07, 6.45) is -1.07. The highest BCUT2D eigenvalue weighted by atomic mass is 35.5. The van der Waals surface area contributed by atoms with Crippen molar-refractivity contribution in [1.82, 2.24) is 4.98 Å². The van der Waals surface area contributed by atoms with Crippen molar-refractivity contribution in [3.05, 3.63) is 22.4 Å². The molecule has 0 bridgehead atoms. The van der Waals surface area contributed by atoms with E-state index in [4.69, 9.17) is 11.6 Å². The first kappa shape index (κ1) is 11.9. The Morgan fingerprint density at radius 2 is 2.21 bits per heavy atom. The van der Waals surface area contributed by atoms with Crippen LogP contribution in [0.15, 0.2) is 22.4 Å². The van der Waals surface area contributed by atoms with Crippen LogP contribution >= 0.6 is 34.7 Å². The molecule has 0 aliphatic carbocycles. The van der Waals surface area contributed by atoms with Crippen molar-refractivity contribution in [2.45, 2.75) is 10.8 Å². The van der Waals surface area contributed by atoms with E-state index in [2.05, 4.69) is 4.98 Å². The molecule has 0 aliphatic heterocycles. The Morgan fingerprint density at radius 1 is 1.50 bits per heavy atom. The fourth-order valence-corrected chi connectivity index (χ4v) is 2.75. The van der Waals surface area contributed by atoms with Crippen molar-refractivity contribution in [3.8, 4) is 0 Å². The van der Waals surface area contributed by atoms with Crippen LogP contribution in [0.2, 0.25) is 4.34 Å². The third-order valence-corrected chi connectivity index (χ3v) is 3.48. The summed E-state index contributed by atoms with van der Waals surface area (Å²) < 4.78 is 36.7. The molecule has 0 radical (unpaired) electrons. The van der Waals surface area contributed by atoms with Crippen LogP contribution in [0.5, 0.6) is 0 Å². The van der Waals surface area contributed by atoms with Crippen LogP contribution in [0.1, 0.15) is 6.42 Å². The average molecular weight is 260 g/mol. The van der Waals surface area contributed by atoms with E-state index in [1.54, 1.807) is 0 Å². The smallest absolute Gasteiger partial charge is 0.237 e. The molecule has 78 valence electrons. The second-order valence-electron chi connectivity index (χ2n) is 2.19. The molecule has 7 heteroatoms. The Bertz CT molecular complexity index is 335. The highest BCUT2D eigenvalue weighted by molar-refractivity contribution is 8.01. The van der Waals surface area contributed by atoms with Gasteiger partial charge in [-0.25, -0.2) is 9.37 Å². The standard InChI is InChI=1S/C7H5ClF3NS2/c8-5-3-12-7(14-5)13-2-1-4(9)6(10)11/h3H,1-2H2. The lowest BCUT2D eigenvalue weighted by molar-refractivity contribution is 0.373. The predicted molar refractivity (Wildman–Crippen MR) is 52.8 cm³/mol. The average Bonchev–Trinajstić information content (AvgIpc) is 2.51. The van der Waals surface area contributed by atoms with Crippen molar-refractivity contribution >= 4 is 34.7 Å². The largest absolute Gasteiger partial charge is 0.301 e. The van der Waals surface area contributed by atoms with Gasteiger partial charge in [-0.2, -0.15) is 8.78 Å². The lowest BCUT2D eigenvalue weighted by atomic mass is 10.4. The minimum absolute atomic E-state index is 0.229. The number of aromatic nitrogens is 1. The number of hydrogen-bond acceptors (Lipinski definition) is 3. The van der Waals surface area contributed by atoms with Gasteiger partial charge in [0, 0.05) is 12.2 Å². The summed E-state index contributed by atoms with van der Waals surface area (Å²) in [5.74, 6) is -1.13. The molecule has 1 aromatic rings. The number of thioether (sulfide) groups is 1. The van der Waals surface area contributed by atoms with Gasteiger partial charge in [-0.3, -0.25) is 0 Å². The van der Waals surface area contributed by atoms with Gasteiger partial charge in [0.1, 0.15) is 4.34 Å². The monoisotopic (exact) mass is 259 g/mol. The zero-order valence-corrected chi connectivity index (χ0v) is 9.16. The molecule has 0 fully saturated rings. The molecule has 0 unspecified atom stereocenters. The van der Waals surface area contributed by atoms with Gasteiger partial charge in [-0.15, -0.1) is 0 Å². The minimum Gasteiger partial charge on any atom is -0.237 e. The fraction of sp³-hybridized carbons (Fsp3) is 0.286. The summed E-state index contributed by atoms with van der Waals surface area (Å²) in [4.78, 5) is 3.88. The number of nitrogens with zero attached hydrogens (tertiary/aromatic N) is 1. The Labute approximate surface area is 92.0 Å². The summed E-state index contributed by atoms with van der Waals surface area (Å²) in [5, 5.41) is 0. The molecular formula is C7H5ClF3NS2. The highest BCUT2D eigenvalue weighted by Gasteiger charge is 2.06. The molecule has 1 nitrogen and oxygen atoms in total. The molecule has 0 aliphatic rings. The molecule has 1 rings (SSSR count). The number of hydrogen-bond donors (Lipinski definition) is 0. The van der Waals surface area contributed by atoms with E-state index in [9.17, 15) is 13.2 Å². The van der Waals surface area contributed by atoms with Crippen LogP contribution < -0.4 is 0 Å². The summed E-state index contributed by atoms with van der Waals surface area (Å²) in [7, 11) is 0. The lowest BCUT2D eigenvalue weighted by Crippen LogP contribution is -1.81. The van der Waals surface area contributed by atoms with Gasteiger partial charge in [-0.1, -0.05) is 34.7 Å². The van der Waals surface area contributed by atoms with Crippen LogP contribution in [-0.4, -0.2) is 10.7 Å². The molecule has 0 saturated carbocycles. The van der Waals surface area contributed by atoms with Gasteiger partial charge in [0.15, 0.2) is 10.2 Å². The molecule has 0 aromatic carbocycles. The topological polar surface area (TPSA) is 12.9 Å². The summed E-state index contributed by atoms with van der Waals surface area (Å²) in [5.41, 5.74) is 0.